The molecule has 104 valence electrons. The highest BCUT2D eigenvalue weighted by Gasteiger charge is 2.49. The van der Waals surface area contributed by atoms with E-state index in [1.165, 1.54) is 6.42 Å². The second-order valence-corrected chi connectivity index (χ2v) is 5.95. The second-order valence-electron chi connectivity index (χ2n) is 5.95. The molecule has 0 aromatic rings. The number of aliphatic imine (C=N–C) groups is 2. The zero-order valence-corrected chi connectivity index (χ0v) is 11.7. The van der Waals surface area contributed by atoms with E-state index in [4.69, 9.17) is 0 Å². The molecule has 4 heteroatoms. The van der Waals surface area contributed by atoms with Gasteiger partial charge < -0.3 is 0 Å². The second kappa shape index (κ2) is 6.27. The number of isocyanates is 2. The first kappa shape index (κ1) is 14.2. The van der Waals surface area contributed by atoms with Gasteiger partial charge in [-0.1, -0.05) is 13.8 Å². The van der Waals surface area contributed by atoms with Gasteiger partial charge in [0.1, 0.15) is 0 Å². The van der Waals surface area contributed by atoms with Crippen molar-refractivity contribution in [2.45, 2.75) is 58.0 Å². The number of nitrogens with zero attached hydrogens (tertiary/aromatic N) is 2. The van der Waals surface area contributed by atoms with E-state index in [9.17, 15) is 9.59 Å². The minimum Gasteiger partial charge on any atom is -0.211 e. The molecule has 2 saturated carbocycles. The van der Waals surface area contributed by atoms with Crippen LogP contribution in [0.25, 0.3) is 0 Å². The van der Waals surface area contributed by atoms with Crippen LogP contribution in [-0.2, 0) is 9.59 Å². The molecule has 0 amide bonds. The van der Waals surface area contributed by atoms with E-state index in [0.29, 0.717) is 23.7 Å². The molecule has 2 rings (SSSR count). The van der Waals surface area contributed by atoms with Gasteiger partial charge in [0.05, 0.1) is 12.1 Å². The van der Waals surface area contributed by atoms with Crippen LogP contribution in [0.4, 0.5) is 0 Å². The predicted octanol–water partition coefficient (Wildman–Crippen LogP) is 2.88. The Morgan fingerprint density at radius 3 is 1.58 bits per heavy atom. The lowest BCUT2D eigenvalue weighted by atomic mass is 9.75. The lowest BCUT2D eigenvalue weighted by molar-refractivity contribution is 0.200. The van der Waals surface area contributed by atoms with Crippen molar-refractivity contribution >= 4 is 12.2 Å². The van der Waals surface area contributed by atoms with Gasteiger partial charge in [-0.05, 0) is 55.8 Å². The summed E-state index contributed by atoms with van der Waals surface area (Å²) in [5, 5.41) is 0. The third-order valence-electron chi connectivity index (χ3n) is 5.23. The maximum atomic E-state index is 10.5. The molecule has 0 aromatic heterocycles. The number of hydrogen-bond donors (Lipinski definition) is 0. The summed E-state index contributed by atoms with van der Waals surface area (Å²) in [6.45, 7) is 4.17. The fourth-order valence-corrected chi connectivity index (χ4v) is 4.42. The fourth-order valence-electron chi connectivity index (χ4n) is 4.42. The Labute approximate surface area is 114 Å². The molecular formula is C15H22N2O2. The Hall–Kier alpha value is -1.24. The normalized spacial score (nSPS) is 35.3. The van der Waals surface area contributed by atoms with E-state index < -0.39 is 0 Å². The highest BCUT2D eigenvalue weighted by molar-refractivity contribution is 5.34. The third-order valence-corrected chi connectivity index (χ3v) is 5.23. The van der Waals surface area contributed by atoms with E-state index in [-0.39, 0.29) is 12.1 Å². The molecule has 4 nitrogen and oxygen atoms in total. The molecule has 2 fully saturated rings. The van der Waals surface area contributed by atoms with Crippen LogP contribution in [0.2, 0.25) is 0 Å². The summed E-state index contributed by atoms with van der Waals surface area (Å²) in [5.41, 5.74) is 0. The minimum atomic E-state index is 0.142. The lowest BCUT2D eigenvalue weighted by Gasteiger charge is -2.32. The number of carbonyl (C=O) groups excluding carboxylic acids is 2. The van der Waals surface area contributed by atoms with Crippen LogP contribution < -0.4 is 0 Å². The van der Waals surface area contributed by atoms with Gasteiger partial charge in [-0.25, -0.2) is 19.6 Å². The molecule has 19 heavy (non-hydrogen) atoms. The molecule has 2 bridgehead atoms. The molecule has 0 aromatic carbocycles. The molecule has 6 atom stereocenters. The maximum absolute atomic E-state index is 10.5. The average molecular weight is 262 g/mol. The Bertz CT molecular complexity index is 372. The van der Waals surface area contributed by atoms with E-state index in [0.717, 1.165) is 25.7 Å². The van der Waals surface area contributed by atoms with Gasteiger partial charge in [0.2, 0.25) is 12.2 Å². The Balaban J connectivity index is 2.04. The first-order chi connectivity index (χ1) is 9.24. The van der Waals surface area contributed by atoms with Crippen LogP contribution in [0, 0.1) is 23.7 Å². The lowest BCUT2D eigenvalue weighted by Crippen LogP contribution is -2.31. The summed E-state index contributed by atoms with van der Waals surface area (Å²) in [5.74, 6) is 2.36. The van der Waals surface area contributed by atoms with Gasteiger partial charge in [-0.15, -0.1) is 0 Å². The SMILES string of the molecule is CCC(N=C=O)C1CC2CC1CC2C(CC)N=C=O. The topological polar surface area (TPSA) is 58.9 Å². The van der Waals surface area contributed by atoms with Crippen molar-refractivity contribution in [2.24, 2.45) is 33.7 Å². The Kier molecular flexibility index (Phi) is 4.68. The molecule has 6 unspecified atom stereocenters. The molecule has 0 N–H and O–H groups in total. The van der Waals surface area contributed by atoms with E-state index in [1.807, 2.05) is 0 Å². The van der Waals surface area contributed by atoms with Gasteiger partial charge in [-0.2, -0.15) is 0 Å². The molecule has 0 saturated heterocycles. The van der Waals surface area contributed by atoms with Crippen LogP contribution in [0.1, 0.15) is 46.0 Å². The summed E-state index contributed by atoms with van der Waals surface area (Å²) < 4.78 is 0. The van der Waals surface area contributed by atoms with Crippen LogP contribution in [0.15, 0.2) is 9.98 Å². The molecule has 0 aliphatic heterocycles. The minimum absolute atomic E-state index is 0.142. The molecule has 0 heterocycles. The molecule has 2 aliphatic rings. The smallest absolute Gasteiger partial charge is 0.211 e. The summed E-state index contributed by atoms with van der Waals surface area (Å²) in [6.07, 6.45) is 8.75. The predicted molar refractivity (Wildman–Crippen MR) is 72.2 cm³/mol. The molecular weight excluding hydrogens is 240 g/mol. The average Bonchev–Trinajstić information content (AvgIpc) is 3.02. The summed E-state index contributed by atoms with van der Waals surface area (Å²) >= 11 is 0. The van der Waals surface area contributed by atoms with Gasteiger partial charge in [-0.3, -0.25) is 0 Å². The molecule has 0 radical (unpaired) electrons. The van der Waals surface area contributed by atoms with E-state index >= 15 is 0 Å². The highest BCUT2D eigenvalue weighted by atomic mass is 16.1. The van der Waals surface area contributed by atoms with Crippen molar-refractivity contribution in [3.05, 3.63) is 0 Å². The third kappa shape index (κ3) is 2.70. The van der Waals surface area contributed by atoms with Crippen molar-refractivity contribution in [2.75, 3.05) is 0 Å². The van der Waals surface area contributed by atoms with Crippen molar-refractivity contribution in [3.8, 4) is 0 Å². The van der Waals surface area contributed by atoms with Crippen LogP contribution >= 0.6 is 0 Å². The summed E-state index contributed by atoms with van der Waals surface area (Å²) in [7, 11) is 0. The van der Waals surface area contributed by atoms with Gasteiger partial charge in [0.25, 0.3) is 0 Å². The van der Waals surface area contributed by atoms with Crippen molar-refractivity contribution < 1.29 is 9.59 Å². The van der Waals surface area contributed by atoms with E-state index in [2.05, 4.69) is 23.8 Å². The van der Waals surface area contributed by atoms with E-state index in [1.54, 1.807) is 12.2 Å². The number of fused-ring (bicyclic) bond motifs is 2. The fraction of sp³-hybridized carbons (Fsp3) is 0.867. The van der Waals surface area contributed by atoms with Crippen molar-refractivity contribution in [1.29, 1.82) is 0 Å². The summed E-state index contributed by atoms with van der Waals surface area (Å²) in [4.78, 5) is 28.9. The standard InChI is InChI=1S/C15H22N2O2/c1-3-14(16-8-18)12-6-11-5-10(12)7-13(11)15(4-2)17-9-19/h10-15H,3-7H2,1-2H3. The number of rotatable bonds is 6. The highest BCUT2D eigenvalue weighted by Crippen LogP contribution is 2.55. The molecule has 0 spiro atoms. The monoisotopic (exact) mass is 262 g/mol. The maximum Gasteiger partial charge on any atom is 0.235 e. The zero-order chi connectivity index (χ0) is 13.8. The zero-order valence-electron chi connectivity index (χ0n) is 11.7. The van der Waals surface area contributed by atoms with Crippen molar-refractivity contribution in [1.82, 2.24) is 0 Å². The quantitative estimate of drug-likeness (QED) is 0.546. The first-order valence-corrected chi connectivity index (χ1v) is 7.39. The first-order valence-electron chi connectivity index (χ1n) is 7.39. The summed E-state index contributed by atoms with van der Waals surface area (Å²) in [6, 6.07) is 0.284. The molecule has 2 aliphatic carbocycles. The Morgan fingerprint density at radius 1 is 0.895 bits per heavy atom. The van der Waals surface area contributed by atoms with Gasteiger partial charge in [0.15, 0.2) is 0 Å². The number of hydrogen-bond acceptors (Lipinski definition) is 4. The van der Waals surface area contributed by atoms with Crippen LogP contribution in [0.5, 0.6) is 0 Å². The van der Waals surface area contributed by atoms with Crippen LogP contribution in [-0.4, -0.2) is 24.2 Å². The largest absolute Gasteiger partial charge is 0.235 e. The van der Waals surface area contributed by atoms with Gasteiger partial charge >= 0.3 is 0 Å². The van der Waals surface area contributed by atoms with Gasteiger partial charge in [0, 0.05) is 0 Å². The van der Waals surface area contributed by atoms with Crippen molar-refractivity contribution in [3.63, 3.8) is 0 Å². The Morgan fingerprint density at radius 2 is 1.32 bits per heavy atom. The van der Waals surface area contributed by atoms with Crippen LogP contribution in [0.3, 0.4) is 0 Å².